The molecule has 0 spiro atoms. The van der Waals surface area contributed by atoms with Gasteiger partial charge in [0.2, 0.25) is 5.24 Å². The predicted molar refractivity (Wildman–Crippen MR) is 72.0 cm³/mol. The summed E-state index contributed by atoms with van der Waals surface area (Å²) < 4.78 is 1.35. The summed E-state index contributed by atoms with van der Waals surface area (Å²) in [6.45, 7) is 2.29. The van der Waals surface area contributed by atoms with E-state index in [9.17, 15) is 9.59 Å². The van der Waals surface area contributed by atoms with Gasteiger partial charge in [-0.15, -0.1) is 11.3 Å². The number of nitrogens with zero attached hydrogens (tertiary/aromatic N) is 2. The molecule has 0 aliphatic carbocycles. The summed E-state index contributed by atoms with van der Waals surface area (Å²) in [6.07, 6.45) is -0.0682. The van der Waals surface area contributed by atoms with Crippen molar-refractivity contribution in [1.82, 2.24) is 9.78 Å². The molecule has 94 valence electrons. The van der Waals surface area contributed by atoms with E-state index in [0.29, 0.717) is 17.8 Å². The Morgan fingerprint density at radius 2 is 2.33 bits per heavy atom. The smallest absolute Gasteiger partial charge is 0.270 e. The van der Waals surface area contributed by atoms with Crippen molar-refractivity contribution >= 4 is 28.2 Å². The van der Waals surface area contributed by atoms with Gasteiger partial charge in [0, 0.05) is 12.1 Å². The van der Waals surface area contributed by atoms with Gasteiger partial charge in [-0.05, 0) is 36.0 Å². The third-order valence-electron chi connectivity index (χ3n) is 2.45. The number of thiophene rings is 1. The van der Waals surface area contributed by atoms with Crippen LogP contribution in [0.2, 0.25) is 0 Å². The number of rotatable bonds is 4. The summed E-state index contributed by atoms with van der Waals surface area (Å²) in [4.78, 5) is 23.9. The maximum absolute atomic E-state index is 12.0. The standard InChI is InChI=1S/C12H11ClN2O2S/c1-2-15-12(17)8(7-11(13)16)6-9(14-15)10-4-3-5-18-10/h3-6H,2,7H2,1H3. The molecule has 2 aromatic rings. The molecular weight excluding hydrogens is 272 g/mol. The quantitative estimate of drug-likeness (QED) is 0.809. The van der Waals surface area contributed by atoms with E-state index in [4.69, 9.17) is 11.6 Å². The highest BCUT2D eigenvalue weighted by Crippen LogP contribution is 2.22. The molecule has 0 aliphatic rings. The lowest BCUT2D eigenvalue weighted by atomic mass is 10.2. The Kier molecular flexibility index (Phi) is 3.93. The Labute approximate surface area is 113 Å². The fourth-order valence-corrected chi connectivity index (χ4v) is 2.46. The third-order valence-corrected chi connectivity index (χ3v) is 3.48. The van der Waals surface area contributed by atoms with Crippen LogP contribution in [0.1, 0.15) is 12.5 Å². The first-order valence-corrected chi connectivity index (χ1v) is 6.71. The van der Waals surface area contributed by atoms with Crippen molar-refractivity contribution < 1.29 is 4.79 Å². The lowest BCUT2D eigenvalue weighted by Crippen LogP contribution is -2.26. The van der Waals surface area contributed by atoms with Crippen LogP contribution in [-0.4, -0.2) is 15.0 Å². The average Bonchev–Trinajstić information content (AvgIpc) is 2.84. The van der Waals surface area contributed by atoms with Gasteiger partial charge in [0.25, 0.3) is 5.56 Å². The number of halogens is 1. The molecule has 0 bridgehead atoms. The second-order valence-corrected chi connectivity index (χ2v) is 5.05. The summed E-state index contributed by atoms with van der Waals surface area (Å²) in [5.41, 5.74) is 0.821. The van der Waals surface area contributed by atoms with Gasteiger partial charge in [0.05, 0.1) is 11.3 Å². The molecule has 4 nitrogen and oxygen atoms in total. The molecule has 0 N–H and O–H groups in total. The Morgan fingerprint density at radius 3 is 2.89 bits per heavy atom. The zero-order valence-electron chi connectivity index (χ0n) is 9.72. The van der Waals surface area contributed by atoms with Crippen LogP contribution in [0, 0.1) is 0 Å². The van der Waals surface area contributed by atoms with Crippen LogP contribution < -0.4 is 5.56 Å². The Bertz CT molecular complexity index is 620. The summed E-state index contributed by atoms with van der Waals surface area (Å²) in [7, 11) is 0. The van der Waals surface area contributed by atoms with E-state index in [2.05, 4.69) is 5.10 Å². The van der Waals surface area contributed by atoms with E-state index in [-0.39, 0.29) is 12.0 Å². The number of hydrogen-bond donors (Lipinski definition) is 0. The van der Waals surface area contributed by atoms with Gasteiger partial charge in [0.15, 0.2) is 0 Å². The molecular formula is C12H11ClN2O2S. The summed E-state index contributed by atoms with van der Waals surface area (Å²) in [6, 6.07) is 5.47. The summed E-state index contributed by atoms with van der Waals surface area (Å²) in [5, 5.41) is 5.65. The van der Waals surface area contributed by atoms with Crippen molar-refractivity contribution in [2.75, 3.05) is 0 Å². The zero-order valence-corrected chi connectivity index (χ0v) is 11.3. The molecule has 0 radical (unpaired) electrons. The topological polar surface area (TPSA) is 52.0 Å². The van der Waals surface area contributed by atoms with Crippen molar-refractivity contribution in [2.24, 2.45) is 0 Å². The SMILES string of the molecule is CCn1nc(-c2cccs2)cc(CC(=O)Cl)c1=O. The van der Waals surface area contributed by atoms with Gasteiger partial charge < -0.3 is 0 Å². The van der Waals surface area contributed by atoms with E-state index < -0.39 is 5.24 Å². The van der Waals surface area contributed by atoms with Gasteiger partial charge in [0.1, 0.15) is 5.69 Å². The Morgan fingerprint density at radius 1 is 1.56 bits per heavy atom. The minimum absolute atomic E-state index is 0.0682. The van der Waals surface area contributed by atoms with Gasteiger partial charge in [-0.1, -0.05) is 6.07 Å². The highest BCUT2D eigenvalue weighted by molar-refractivity contribution is 7.13. The average molecular weight is 283 g/mol. The molecule has 0 unspecified atom stereocenters. The molecule has 0 aromatic carbocycles. The van der Waals surface area contributed by atoms with Crippen LogP contribution in [0.4, 0.5) is 0 Å². The lowest BCUT2D eigenvalue weighted by molar-refractivity contribution is -0.111. The van der Waals surface area contributed by atoms with E-state index in [1.54, 1.807) is 6.07 Å². The monoisotopic (exact) mass is 282 g/mol. The fourth-order valence-electron chi connectivity index (χ4n) is 1.63. The molecule has 6 heteroatoms. The van der Waals surface area contributed by atoms with Crippen LogP contribution in [0.3, 0.4) is 0 Å². The minimum Gasteiger partial charge on any atom is -0.281 e. The Balaban J connectivity index is 2.56. The number of hydrogen-bond acceptors (Lipinski definition) is 4. The highest BCUT2D eigenvalue weighted by Gasteiger charge is 2.12. The van der Waals surface area contributed by atoms with Gasteiger partial charge in [-0.25, -0.2) is 4.68 Å². The predicted octanol–water partition coefficient (Wildman–Crippen LogP) is 2.30. The van der Waals surface area contributed by atoms with Crippen LogP contribution in [0.25, 0.3) is 10.6 Å². The number of aryl methyl sites for hydroxylation is 1. The molecule has 2 rings (SSSR count). The largest absolute Gasteiger partial charge is 0.281 e. The van der Waals surface area contributed by atoms with Crippen molar-refractivity contribution in [3.63, 3.8) is 0 Å². The molecule has 0 aliphatic heterocycles. The number of carbonyl (C=O) groups excluding carboxylic acids is 1. The van der Waals surface area contributed by atoms with Crippen molar-refractivity contribution in [1.29, 1.82) is 0 Å². The second-order valence-electron chi connectivity index (χ2n) is 3.68. The molecule has 18 heavy (non-hydrogen) atoms. The number of carbonyl (C=O) groups is 1. The zero-order chi connectivity index (χ0) is 13.1. The maximum atomic E-state index is 12.0. The van der Waals surface area contributed by atoms with E-state index in [1.165, 1.54) is 16.0 Å². The van der Waals surface area contributed by atoms with E-state index >= 15 is 0 Å². The van der Waals surface area contributed by atoms with Crippen LogP contribution in [0.15, 0.2) is 28.4 Å². The van der Waals surface area contributed by atoms with Crippen LogP contribution in [-0.2, 0) is 17.8 Å². The molecule has 0 saturated carbocycles. The molecule has 2 heterocycles. The molecule has 2 aromatic heterocycles. The second kappa shape index (κ2) is 5.46. The molecule has 0 fully saturated rings. The number of aromatic nitrogens is 2. The van der Waals surface area contributed by atoms with Crippen molar-refractivity contribution in [3.8, 4) is 10.6 Å². The first-order chi connectivity index (χ1) is 8.61. The minimum atomic E-state index is -0.543. The Hall–Kier alpha value is -1.46. The van der Waals surface area contributed by atoms with Crippen molar-refractivity contribution in [3.05, 3.63) is 39.5 Å². The van der Waals surface area contributed by atoms with E-state index in [1.807, 2.05) is 24.4 Å². The maximum Gasteiger partial charge on any atom is 0.270 e. The fraction of sp³-hybridized carbons (Fsp3) is 0.250. The molecule has 0 atom stereocenters. The van der Waals surface area contributed by atoms with Gasteiger partial charge in [-0.3, -0.25) is 9.59 Å². The van der Waals surface area contributed by atoms with Crippen LogP contribution in [0.5, 0.6) is 0 Å². The third kappa shape index (κ3) is 2.68. The van der Waals surface area contributed by atoms with Crippen molar-refractivity contribution in [2.45, 2.75) is 19.9 Å². The van der Waals surface area contributed by atoms with Gasteiger partial charge >= 0.3 is 0 Å². The lowest BCUT2D eigenvalue weighted by Gasteiger charge is -2.06. The first kappa shape index (κ1) is 13.0. The molecule has 0 saturated heterocycles. The summed E-state index contributed by atoms with van der Waals surface area (Å²) >= 11 is 6.89. The highest BCUT2D eigenvalue weighted by atomic mass is 35.5. The normalized spacial score (nSPS) is 10.6. The summed E-state index contributed by atoms with van der Waals surface area (Å²) in [5.74, 6) is 0. The van der Waals surface area contributed by atoms with E-state index in [0.717, 1.165) is 4.88 Å². The molecule has 0 amide bonds. The first-order valence-electron chi connectivity index (χ1n) is 5.45. The van der Waals surface area contributed by atoms with Gasteiger partial charge in [-0.2, -0.15) is 5.10 Å². The van der Waals surface area contributed by atoms with Crippen LogP contribution >= 0.6 is 22.9 Å².